The summed E-state index contributed by atoms with van der Waals surface area (Å²) in [4.78, 5) is 24.7. The van der Waals surface area contributed by atoms with Crippen LogP contribution >= 0.6 is 11.8 Å². The third kappa shape index (κ3) is 2.44. The summed E-state index contributed by atoms with van der Waals surface area (Å²) < 4.78 is 12.9. The molecule has 4 aliphatic rings. The van der Waals surface area contributed by atoms with Gasteiger partial charge in [0.1, 0.15) is 6.01 Å². The molecule has 0 heterocycles. The van der Waals surface area contributed by atoms with Crippen LogP contribution < -0.4 is 0 Å². The highest BCUT2D eigenvalue weighted by atomic mass is 32.2. The summed E-state index contributed by atoms with van der Waals surface area (Å²) in [6.07, 6.45) is 8.17. The average molecular weight is 407 g/mol. The highest BCUT2D eigenvalue weighted by molar-refractivity contribution is 8.13. The Labute approximate surface area is 171 Å². The third-order valence-electron chi connectivity index (χ3n) is 9.19. The second-order valence-corrected chi connectivity index (χ2v) is 11.0. The van der Waals surface area contributed by atoms with Crippen molar-refractivity contribution in [2.45, 2.75) is 59.5 Å². The van der Waals surface area contributed by atoms with Crippen LogP contribution in [0.25, 0.3) is 0 Å². The van der Waals surface area contributed by atoms with E-state index in [0.29, 0.717) is 12.3 Å². The van der Waals surface area contributed by atoms with Crippen molar-refractivity contribution in [3.63, 3.8) is 0 Å². The number of thioether (sulfide) groups is 1. The summed E-state index contributed by atoms with van der Waals surface area (Å²) >= 11 is 0.789. The second kappa shape index (κ2) is 6.53. The zero-order chi connectivity index (χ0) is 20.5. The Morgan fingerprint density at radius 3 is 2.71 bits per heavy atom. The van der Waals surface area contributed by atoms with E-state index in [9.17, 15) is 19.1 Å². The molecule has 0 aromatic carbocycles. The normalized spacial score (nSPS) is 49.9. The van der Waals surface area contributed by atoms with E-state index < -0.39 is 12.1 Å². The van der Waals surface area contributed by atoms with Crippen LogP contribution in [-0.2, 0) is 9.59 Å². The van der Waals surface area contributed by atoms with Gasteiger partial charge in [-0.25, -0.2) is 4.39 Å². The van der Waals surface area contributed by atoms with E-state index in [1.165, 1.54) is 0 Å². The number of alkyl halides is 1. The SMILES string of the molecule is C[C@@H]1CC2C3CCC4=CC(=O)C=C[C@]4(C)C3(C)[C@@H](O)C[C@]2(C)[C@H]1C(=O)SCF. The van der Waals surface area contributed by atoms with Gasteiger partial charge >= 0.3 is 0 Å². The van der Waals surface area contributed by atoms with Crippen LogP contribution in [0.2, 0.25) is 0 Å². The van der Waals surface area contributed by atoms with Gasteiger partial charge in [-0.1, -0.05) is 51.1 Å². The van der Waals surface area contributed by atoms with Crippen LogP contribution in [0.4, 0.5) is 4.39 Å². The number of carbonyl (C=O) groups is 2. The van der Waals surface area contributed by atoms with Crippen LogP contribution in [0, 0.1) is 39.9 Å². The highest BCUT2D eigenvalue weighted by Gasteiger charge is 2.68. The zero-order valence-electron chi connectivity index (χ0n) is 17.2. The first-order chi connectivity index (χ1) is 13.1. The molecule has 0 bridgehead atoms. The molecule has 0 saturated heterocycles. The van der Waals surface area contributed by atoms with Gasteiger partial charge in [0.15, 0.2) is 10.9 Å². The van der Waals surface area contributed by atoms with E-state index in [4.69, 9.17) is 0 Å². The smallest absolute Gasteiger partial charge is 0.195 e. The topological polar surface area (TPSA) is 54.4 Å². The summed E-state index contributed by atoms with van der Waals surface area (Å²) in [6, 6.07) is -0.683. The van der Waals surface area contributed by atoms with Crippen molar-refractivity contribution in [1.82, 2.24) is 0 Å². The van der Waals surface area contributed by atoms with Crippen molar-refractivity contribution >= 4 is 22.7 Å². The van der Waals surface area contributed by atoms with Crippen LogP contribution in [0.15, 0.2) is 23.8 Å². The molecule has 0 aromatic heterocycles. The minimum atomic E-state index is -0.683. The molecule has 8 atom stereocenters. The first-order valence-electron chi connectivity index (χ1n) is 10.4. The summed E-state index contributed by atoms with van der Waals surface area (Å²) in [7, 11) is 0. The lowest BCUT2D eigenvalue weighted by molar-refractivity contribution is -0.176. The Kier molecular flexibility index (Phi) is 4.74. The fourth-order valence-corrected chi connectivity index (χ4v) is 8.44. The molecule has 0 spiro atoms. The standard InChI is InChI=1S/C23H31FO3S/c1-13-9-17-16-6-5-14-10-15(25)7-8-22(14,3)23(16,4)18(26)11-21(17,2)19(13)20(27)28-12-24/h7-8,10,13,16-19,26H,5-6,9,11-12H2,1-4H3/t13-,16?,17?,18+,19-,21+,22+,23?/m1/s1. The number of aliphatic hydroxyl groups is 1. The van der Waals surface area contributed by atoms with Gasteiger partial charge in [0.2, 0.25) is 0 Å². The number of halogens is 1. The predicted octanol–water partition coefficient (Wildman–Crippen LogP) is 4.70. The van der Waals surface area contributed by atoms with Crippen molar-refractivity contribution in [3.8, 4) is 0 Å². The fourth-order valence-electron chi connectivity index (χ4n) is 7.65. The summed E-state index contributed by atoms with van der Waals surface area (Å²) in [5, 5.41) is 11.5. The predicted molar refractivity (Wildman–Crippen MR) is 109 cm³/mol. The Morgan fingerprint density at radius 1 is 1.32 bits per heavy atom. The van der Waals surface area contributed by atoms with E-state index in [-0.39, 0.29) is 44.9 Å². The fraction of sp³-hybridized carbons (Fsp3) is 0.739. The van der Waals surface area contributed by atoms with Crippen LogP contribution in [0.1, 0.15) is 53.4 Å². The average Bonchev–Trinajstić information content (AvgIpc) is 2.87. The van der Waals surface area contributed by atoms with Gasteiger partial charge in [-0.3, -0.25) is 9.59 Å². The van der Waals surface area contributed by atoms with Crippen molar-refractivity contribution in [2.24, 2.45) is 39.9 Å². The molecule has 3 fully saturated rings. The number of hydrogen-bond donors (Lipinski definition) is 1. The number of hydrogen-bond acceptors (Lipinski definition) is 4. The van der Waals surface area contributed by atoms with E-state index in [1.807, 2.05) is 6.08 Å². The van der Waals surface area contributed by atoms with Crippen molar-refractivity contribution in [2.75, 3.05) is 6.01 Å². The lowest BCUT2D eigenvalue weighted by atomic mass is 9.40. The molecule has 154 valence electrons. The molecule has 0 radical (unpaired) electrons. The van der Waals surface area contributed by atoms with E-state index >= 15 is 0 Å². The minimum absolute atomic E-state index is 0.0352. The first kappa shape index (κ1) is 20.3. The van der Waals surface area contributed by atoms with E-state index in [0.717, 1.165) is 36.6 Å². The number of ketones is 1. The Morgan fingerprint density at radius 2 is 2.04 bits per heavy atom. The molecule has 0 aromatic rings. The van der Waals surface area contributed by atoms with Crippen LogP contribution in [-0.4, -0.2) is 28.1 Å². The third-order valence-corrected chi connectivity index (χ3v) is 9.84. The maximum atomic E-state index is 12.9. The van der Waals surface area contributed by atoms with Crippen molar-refractivity contribution in [3.05, 3.63) is 23.8 Å². The maximum Gasteiger partial charge on any atom is 0.195 e. The van der Waals surface area contributed by atoms with Gasteiger partial charge in [-0.15, -0.1) is 0 Å². The Balaban J connectivity index is 1.77. The number of aliphatic hydroxyl groups excluding tert-OH is 1. The molecular formula is C23H31FO3S. The van der Waals surface area contributed by atoms with Gasteiger partial charge in [0.05, 0.1) is 6.10 Å². The van der Waals surface area contributed by atoms with Crippen molar-refractivity contribution in [1.29, 1.82) is 0 Å². The number of allylic oxidation sites excluding steroid dienone is 4. The maximum absolute atomic E-state index is 12.9. The monoisotopic (exact) mass is 406 g/mol. The van der Waals surface area contributed by atoms with Gasteiger partial charge in [-0.05, 0) is 61.0 Å². The van der Waals surface area contributed by atoms with Crippen LogP contribution in [0.3, 0.4) is 0 Å². The van der Waals surface area contributed by atoms with Gasteiger partial charge in [0, 0.05) is 16.7 Å². The lowest BCUT2D eigenvalue weighted by Crippen LogP contribution is -2.62. The van der Waals surface area contributed by atoms with Gasteiger partial charge in [-0.2, -0.15) is 0 Å². The highest BCUT2D eigenvalue weighted by Crippen LogP contribution is 2.72. The van der Waals surface area contributed by atoms with E-state index in [1.54, 1.807) is 12.2 Å². The molecule has 4 rings (SSSR count). The largest absolute Gasteiger partial charge is 0.392 e. The first-order valence-corrected chi connectivity index (χ1v) is 11.4. The number of fused-ring (bicyclic) bond motifs is 5. The molecular weight excluding hydrogens is 375 g/mol. The summed E-state index contributed by atoms with van der Waals surface area (Å²) in [5.41, 5.74) is 0.120. The number of rotatable bonds is 2. The molecule has 3 saturated carbocycles. The molecule has 0 aliphatic heterocycles. The Hall–Kier alpha value is -0.940. The summed E-state index contributed by atoms with van der Waals surface area (Å²) in [6.45, 7) is 8.62. The summed E-state index contributed by atoms with van der Waals surface area (Å²) in [5.74, 6) is 0.634. The number of carbonyl (C=O) groups excluding carboxylic acids is 2. The molecule has 4 aliphatic carbocycles. The quantitative estimate of drug-likeness (QED) is 0.722. The van der Waals surface area contributed by atoms with E-state index in [2.05, 4.69) is 27.7 Å². The molecule has 1 N–H and O–H groups in total. The molecule has 3 nitrogen and oxygen atoms in total. The minimum Gasteiger partial charge on any atom is -0.392 e. The van der Waals surface area contributed by atoms with Gasteiger partial charge < -0.3 is 5.11 Å². The second-order valence-electron chi connectivity index (χ2n) is 10.1. The molecule has 0 amide bonds. The molecule has 5 heteroatoms. The molecule has 3 unspecified atom stereocenters. The molecule has 28 heavy (non-hydrogen) atoms. The zero-order valence-corrected chi connectivity index (χ0v) is 18.0. The van der Waals surface area contributed by atoms with Crippen molar-refractivity contribution < 1.29 is 19.1 Å². The Bertz CT molecular complexity index is 776. The van der Waals surface area contributed by atoms with Crippen LogP contribution in [0.5, 0.6) is 0 Å². The van der Waals surface area contributed by atoms with Gasteiger partial charge in [0.25, 0.3) is 0 Å². The lowest BCUT2D eigenvalue weighted by Gasteiger charge is -2.65.